The van der Waals surface area contributed by atoms with Crippen LogP contribution in [0.25, 0.3) is 10.8 Å². The normalized spacial score (nSPS) is 10.0. The number of rotatable bonds is 7. The van der Waals surface area contributed by atoms with Gasteiger partial charge in [-0.1, -0.05) is 89.1 Å². The number of aryl methyl sites for hydroxylation is 1. The Morgan fingerprint density at radius 1 is 0.933 bits per heavy atom. The molecule has 0 aliphatic carbocycles. The summed E-state index contributed by atoms with van der Waals surface area (Å²) in [5.74, 6) is 1.00. The fourth-order valence-electron chi connectivity index (χ4n) is 2.67. The Bertz CT molecular complexity index is 654. The van der Waals surface area contributed by atoms with E-state index in [1.165, 1.54) is 16.3 Å². The molecule has 0 saturated carbocycles. The van der Waals surface area contributed by atoms with Crippen LogP contribution >= 0.6 is 0 Å². The van der Waals surface area contributed by atoms with Crippen molar-refractivity contribution in [2.45, 2.75) is 73.3 Å². The molecule has 170 valence electrons. The molecule has 2 rings (SSSR count). The van der Waals surface area contributed by atoms with Gasteiger partial charge in [-0.25, -0.2) is 0 Å². The van der Waals surface area contributed by atoms with Gasteiger partial charge in [0.1, 0.15) is 19.4 Å². The number of benzene rings is 2. The van der Waals surface area contributed by atoms with Gasteiger partial charge in [0.05, 0.1) is 6.04 Å². The van der Waals surface area contributed by atoms with Gasteiger partial charge >= 0.3 is 0 Å². The van der Waals surface area contributed by atoms with Gasteiger partial charge in [-0.2, -0.15) is 0 Å². The lowest BCUT2D eigenvalue weighted by Gasteiger charge is -2.14. The van der Waals surface area contributed by atoms with E-state index in [4.69, 9.17) is 9.59 Å². The first-order valence-corrected chi connectivity index (χ1v) is 10.7. The second kappa shape index (κ2) is 23.0. The van der Waals surface area contributed by atoms with Crippen LogP contribution in [0.1, 0.15) is 65.9 Å². The number of ketones is 1. The highest BCUT2D eigenvalue weighted by molar-refractivity contribution is 5.84. The molecule has 4 heteroatoms. The molecule has 0 amide bonds. The van der Waals surface area contributed by atoms with Gasteiger partial charge in [-0.15, -0.1) is 0 Å². The molecule has 0 bridgehead atoms. The minimum absolute atomic E-state index is 0.0868. The summed E-state index contributed by atoms with van der Waals surface area (Å²) in [7, 11) is 1.87. The number of carbonyl (C=O) groups is 3. The van der Waals surface area contributed by atoms with Crippen LogP contribution in [-0.4, -0.2) is 32.5 Å². The maximum atomic E-state index is 11.6. The number of hydrogen-bond donors (Lipinski definition) is 1. The smallest absolute Gasteiger partial charge is 0.149 e. The van der Waals surface area contributed by atoms with E-state index < -0.39 is 0 Å². The van der Waals surface area contributed by atoms with E-state index in [0.717, 1.165) is 25.7 Å². The number of fused-ring (bicyclic) bond motifs is 1. The Morgan fingerprint density at radius 3 is 1.93 bits per heavy atom. The minimum Gasteiger partial charge on any atom is -0.311 e. The molecule has 0 spiro atoms. The van der Waals surface area contributed by atoms with Crippen LogP contribution in [0.5, 0.6) is 0 Å². The zero-order chi connectivity index (χ0) is 23.9. The number of hydrogen-bond acceptors (Lipinski definition) is 4. The van der Waals surface area contributed by atoms with Crippen molar-refractivity contribution in [3.63, 3.8) is 0 Å². The third-order valence-corrected chi connectivity index (χ3v) is 4.19. The first kappa shape index (κ1) is 32.3. The van der Waals surface area contributed by atoms with E-state index in [0.29, 0.717) is 11.7 Å². The van der Waals surface area contributed by atoms with Gasteiger partial charge in [0.25, 0.3) is 0 Å². The van der Waals surface area contributed by atoms with Crippen molar-refractivity contribution in [3.05, 3.63) is 48.0 Å². The quantitative estimate of drug-likeness (QED) is 0.584. The number of carbonyl (C=O) groups excluding carboxylic acids is 3. The zero-order valence-electron chi connectivity index (χ0n) is 20.2. The molecule has 4 nitrogen and oxygen atoms in total. The van der Waals surface area contributed by atoms with Gasteiger partial charge in [-0.05, 0) is 43.5 Å². The molecule has 2 aromatic carbocycles. The number of Topliss-reactive ketones (excluding diaryl/α,β-unsaturated/α-hetero) is 1. The SMILES string of the molecule is C=O.C=O.CC.CCC[C@H](NC)C(=O)CCC(C)C.Cc1ccc2ccccc2c1. The number of likely N-dealkylation sites (N-methyl/N-ethyl adjacent to an activating group) is 1. The van der Waals surface area contributed by atoms with Crippen LogP contribution < -0.4 is 5.32 Å². The highest BCUT2D eigenvalue weighted by Crippen LogP contribution is 2.14. The standard InChI is InChI=1S/C11H23NO.C11H10.C2H6.2CH2O/c1-5-6-10(12-4)11(13)8-7-9(2)3;1-9-6-7-10-4-2-3-5-11(10)8-9;3*1-2/h9-10,12H,5-8H2,1-4H3;2-8H,1H3;1-2H3;2*1H2/t10-;;;;/m0..../s1. The average molecular weight is 418 g/mol. The lowest BCUT2D eigenvalue weighted by atomic mass is 9.99. The van der Waals surface area contributed by atoms with Crippen molar-refractivity contribution in [1.29, 1.82) is 0 Å². The third kappa shape index (κ3) is 15.6. The van der Waals surface area contributed by atoms with E-state index in [9.17, 15) is 4.79 Å². The monoisotopic (exact) mass is 417 g/mol. The molecule has 0 radical (unpaired) electrons. The Balaban J connectivity index is -0.000000390. The highest BCUT2D eigenvalue weighted by Gasteiger charge is 2.14. The fraction of sp³-hybridized carbons (Fsp3) is 0.500. The third-order valence-electron chi connectivity index (χ3n) is 4.19. The van der Waals surface area contributed by atoms with Gasteiger partial charge in [0, 0.05) is 6.42 Å². The van der Waals surface area contributed by atoms with Gasteiger partial charge in [-0.3, -0.25) is 4.79 Å². The summed E-state index contributed by atoms with van der Waals surface area (Å²) in [5.41, 5.74) is 1.32. The maximum absolute atomic E-state index is 11.6. The van der Waals surface area contributed by atoms with Crippen molar-refractivity contribution in [1.82, 2.24) is 5.32 Å². The molecule has 0 heterocycles. The molecule has 30 heavy (non-hydrogen) atoms. The van der Waals surface area contributed by atoms with Crippen molar-refractivity contribution in [3.8, 4) is 0 Å². The van der Waals surface area contributed by atoms with Crippen molar-refractivity contribution >= 4 is 30.1 Å². The average Bonchev–Trinajstić information content (AvgIpc) is 2.80. The Kier molecular flexibility index (Phi) is 24.7. The summed E-state index contributed by atoms with van der Waals surface area (Å²) in [5, 5.41) is 5.72. The molecule has 0 fully saturated rings. The molecule has 2 aromatic rings. The summed E-state index contributed by atoms with van der Waals surface area (Å²) in [6, 6.07) is 15.0. The first-order valence-electron chi connectivity index (χ1n) is 10.7. The summed E-state index contributed by atoms with van der Waals surface area (Å²) >= 11 is 0. The van der Waals surface area contributed by atoms with Crippen LogP contribution in [0, 0.1) is 12.8 Å². The summed E-state index contributed by atoms with van der Waals surface area (Å²) < 4.78 is 0. The second-order valence-electron chi connectivity index (χ2n) is 6.88. The molecule has 0 unspecified atom stereocenters. The topological polar surface area (TPSA) is 63.2 Å². The van der Waals surface area contributed by atoms with Gasteiger partial charge in [0.2, 0.25) is 0 Å². The highest BCUT2D eigenvalue weighted by atomic mass is 16.1. The largest absolute Gasteiger partial charge is 0.311 e. The maximum Gasteiger partial charge on any atom is 0.149 e. The summed E-state index contributed by atoms with van der Waals surface area (Å²) in [6.45, 7) is 16.5. The molecule has 0 aliphatic heterocycles. The first-order chi connectivity index (χ1) is 14.5. The Morgan fingerprint density at radius 2 is 1.47 bits per heavy atom. The second-order valence-corrected chi connectivity index (χ2v) is 6.88. The Hall–Kier alpha value is -2.33. The van der Waals surface area contributed by atoms with Crippen LogP contribution in [0.15, 0.2) is 42.5 Å². The molecular weight excluding hydrogens is 374 g/mol. The lowest BCUT2D eigenvalue weighted by Crippen LogP contribution is -2.33. The molecule has 0 saturated heterocycles. The van der Waals surface area contributed by atoms with Crippen molar-refractivity contribution in [2.75, 3.05) is 7.05 Å². The lowest BCUT2D eigenvalue weighted by molar-refractivity contribution is -0.121. The fourth-order valence-corrected chi connectivity index (χ4v) is 2.67. The van der Waals surface area contributed by atoms with Crippen LogP contribution in [0.2, 0.25) is 0 Å². The molecule has 0 aromatic heterocycles. The van der Waals surface area contributed by atoms with Crippen LogP contribution in [0.3, 0.4) is 0 Å². The van der Waals surface area contributed by atoms with Crippen LogP contribution in [-0.2, 0) is 14.4 Å². The van der Waals surface area contributed by atoms with Gasteiger partial charge in [0.15, 0.2) is 0 Å². The molecule has 0 aliphatic rings. The van der Waals surface area contributed by atoms with E-state index in [1.54, 1.807) is 0 Å². The zero-order valence-corrected chi connectivity index (χ0v) is 20.2. The van der Waals surface area contributed by atoms with E-state index in [1.807, 2.05) is 34.5 Å². The molecule has 1 atom stereocenters. The van der Waals surface area contributed by atoms with Crippen molar-refractivity contribution in [2.24, 2.45) is 5.92 Å². The van der Waals surface area contributed by atoms with E-state index in [-0.39, 0.29) is 6.04 Å². The molecular formula is C26H43NO3. The van der Waals surface area contributed by atoms with Crippen LogP contribution in [0.4, 0.5) is 0 Å². The molecule has 1 N–H and O–H groups in total. The number of nitrogens with one attached hydrogen (secondary N) is 1. The van der Waals surface area contributed by atoms with E-state index in [2.05, 4.69) is 75.5 Å². The van der Waals surface area contributed by atoms with Gasteiger partial charge < -0.3 is 14.9 Å². The van der Waals surface area contributed by atoms with E-state index >= 15 is 0 Å². The summed E-state index contributed by atoms with van der Waals surface area (Å²) in [6.07, 6.45) is 3.77. The Labute approximate surface area is 184 Å². The summed E-state index contributed by atoms with van der Waals surface area (Å²) in [4.78, 5) is 27.6. The predicted octanol–water partition coefficient (Wildman–Crippen LogP) is 6.18. The minimum atomic E-state index is 0.0868. The predicted molar refractivity (Wildman–Crippen MR) is 131 cm³/mol. The van der Waals surface area contributed by atoms with Crippen molar-refractivity contribution < 1.29 is 14.4 Å².